The monoisotopic (exact) mass is 399 g/mol. The summed E-state index contributed by atoms with van der Waals surface area (Å²) in [6, 6.07) is 6.33. The molecule has 1 fully saturated rings. The third-order valence-corrected chi connectivity index (χ3v) is 6.76. The number of fused-ring (bicyclic) bond motifs is 1. The van der Waals surface area contributed by atoms with Crippen molar-refractivity contribution < 1.29 is 9.18 Å². The number of aromatic nitrogens is 2. The first-order valence-electron chi connectivity index (χ1n) is 9.44. The lowest BCUT2D eigenvalue weighted by molar-refractivity contribution is -0.124. The molecule has 1 aliphatic rings. The Morgan fingerprint density at radius 3 is 2.64 bits per heavy atom. The van der Waals surface area contributed by atoms with Gasteiger partial charge in [0.25, 0.3) is 5.56 Å². The fourth-order valence-electron chi connectivity index (χ4n) is 3.76. The minimum Gasteiger partial charge on any atom is -0.347 e. The molecule has 0 aliphatic heterocycles. The van der Waals surface area contributed by atoms with Crippen molar-refractivity contribution in [2.45, 2.75) is 51.5 Å². The van der Waals surface area contributed by atoms with Gasteiger partial charge >= 0.3 is 0 Å². The molecule has 0 radical (unpaired) electrons. The maximum atomic E-state index is 13.2. The summed E-state index contributed by atoms with van der Waals surface area (Å²) in [5.41, 5.74) is 1.34. The average Bonchev–Trinajstić information content (AvgIpc) is 2.92. The molecule has 146 valence electrons. The Morgan fingerprint density at radius 2 is 2.00 bits per heavy atom. The molecule has 28 heavy (non-hydrogen) atoms. The first-order valence-corrected chi connectivity index (χ1v) is 10.3. The topological polar surface area (TPSA) is 74.8 Å². The normalized spacial score (nSPS) is 15.4. The van der Waals surface area contributed by atoms with Gasteiger partial charge in [-0.05, 0) is 56.4 Å². The van der Waals surface area contributed by atoms with E-state index >= 15 is 0 Å². The van der Waals surface area contributed by atoms with Gasteiger partial charge in [-0.25, -0.2) is 9.37 Å². The van der Waals surface area contributed by atoms with Crippen LogP contribution in [0.5, 0.6) is 0 Å². The van der Waals surface area contributed by atoms with Crippen LogP contribution < -0.4 is 10.9 Å². The third-order valence-electron chi connectivity index (χ3n) is 5.66. The quantitative estimate of drug-likeness (QED) is 0.684. The zero-order valence-electron chi connectivity index (χ0n) is 15.9. The van der Waals surface area contributed by atoms with E-state index < -0.39 is 5.54 Å². The van der Waals surface area contributed by atoms with Crippen LogP contribution in [-0.2, 0) is 16.8 Å². The highest BCUT2D eigenvalue weighted by Crippen LogP contribution is 2.41. The van der Waals surface area contributed by atoms with Crippen molar-refractivity contribution in [3.05, 3.63) is 62.3 Å². The van der Waals surface area contributed by atoms with Crippen molar-refractivity contribution in [3.63, 3.8) is 0 Å². The maximum Gasteiger partial charge on any atom is 0.259 e. The largest absolute Gasteiger partial charge is 0.347 e. The van der Waals surface area contributed by atoms with Gasteiger partial charge in [-0.3, -0.25) is 9.59 Å². The second-order valence-corrected chi connectivity index (χ2v) is 8.67. The number of thiophene rings is 1. The Balaban J connectivity index is 1.46. The Kier molecular flexibility index (Phi) is 4.79. The SMILES string of the molecule is Cc1sc2nc(CCC(=O)NC3(c4ccc(F)cc4)CCC3)[nH]c(=O)c2c1C. The highest BCUT2D eigenvalue weighted by Gasteiger charge is 2.39. The Morgan fingerprint density at radius 1 is 1.29 bits per heavy atom. The smallest absolute Gasteiger partial charge is 0.259 e. The molecule has 0 atom stereocenters. The number of carbonyl (C=O) groups is 1. The lowest BCUT2D eigenvalue weighted by Crippen LogP contribution is -2.50. The number of H-pyrrole nitrogens is 1. The molecule has 2 aromatic heterocycles. The molecule has 3 aromatic rings. The molecule has 1 aromatic carbocycles. The number of nitrogens with one attached hydrogen (secondary N) is 2. The highest BCUT2D eigenvalue weighted by molar-refractivity contribution is 7.18. The van der Waals surface area contributed by atoms with Crippen LogP contribution in [0, 0.1) is 19.7 Å². The van der Waals surface area contributed by atoms with E-state index in [9.17, 15) is 14.0 Å². The van der Waals surface area contributed by atoms with Crippen LogP contribution in [0.25, 0.3) is 10.2 Å². The van der Waals surface area contributed by atoms with Crippen LogP contribution in [0.15, 0.2) is 29.1 Å². The molecule has 1 aliphatic carbocycles. The van der Waals surface area contributed by atoms with Crippen LogP contribution in [-0.4, -0.2) is 15.9 Å². The number of aromatic amines is 1. The number of hydrogen-bond donors (Lipinski definition) is 2. The molecule has 0 bridgehead atoms. The minimum absolute atomic E-state index is 0.0923. The second kappa shape index (κ2) is 7.13. The Hall–Kier alpha value is -2.54. The van der Waals surface area contributed by atoms with Crippen molar-refractivity contribution in [2.24, 2.45) is 0 Å². The number of halogens is 1. The molecule has 2 N–H and O–H groups in total. The van der Waals surface area contributed by atoms with E-state index in [4.69, 9.17) is 0 Å². The number of carbonyl (C=O) groups excluding carboxylic acids is 1. The van der Waals surface area contributed by atoms with Gasteiger partial charge < -0.3 is 10.3 Å². The molecule has 5 nitrogen and oxygen atoms in total. The van der Waals surface area contributed by atoms with Crippen molar-refractivity contribution in [3.8, 4) is 0 Å². The molecule has 0 saturated heterocycles. The molecule has 2 heterocycles. The number of amides is 1. The second-order valence-electron chi connectivity index (χ2n) is 7.47. The van der Waals surface area contributed by atoms with Crippen LogP contribution in [0.3, 0.4) is 0 Å². The van der Waals surface area contributed by atoms with Crippen molar-refractivity contribution in [2.75, 3.05) is 0 Å². The number of hydrogen-bond acceptors (Lipinski definition) is 4. The van der Waals surface area contributed by atoms with Gasteiger partial charge in [0.2, 0.25) is 5.91 Å². The summed E-state index contributed by atoms with van der Waals surface area (Å²) < 4.78 is 13.2. The summed E-state index contributed by atoms with van der Waals surface area (Å²) in [5, 5.41) is 3.76. The van der Waals surface area contributed by atoms with E-state index in [1.807, 2.05) is 13.8 Å². The van der Waals surface area contributed by atoms with E-state index in [-0.39, 0.29) is 23.7 Å². The molecule has 4 rings (SSSR count). The van der Waals surface area contributed by atoms with Crippen molar-refractivity contribution >= 4 is 27.5 Å². The summed E-state index contributed by atoms with van der Waals surface area (Å²) in [7, 11) is 0. The Labute approximate surface area is 166 Å². The zero-order valence-corrected chi connectivity index (χ0v) is 16.7. The van der Waals surface area contributed by atoms with Crippen LogP contribution in [0.2, 0.25) is 0 Å². The van der Waals surface area contributed by atoms with Crippen LogP contribution in [0.1, 0.15) is 47.5 Å². The summed E-state index contributed by atoms with van der Waals surface area (Å²) in [5.74, 6) is 0.151. The van der Waals surface area contributed by atoms with Gasteiger partial charge in [-0.1, -0.05) is 12.1 Å². The van der Waals surface area contributed by atoms with E-state index in [2.05, 4.69) is 15.3 Å². The lowest BCUT2D eigenvalue weighted by atomic mass is 9.71. The van der Waals surface area contributed by atoms with Crippen molar-refractivity contribution in [1.82, 2.24) is 15.3 Å². The molecule has 1 saturated carbocycles. The average molecular weight is 399 g/mol. The maximum absolute atomic E-state index is 13.2. The van der Waals surface area contributed by atoms with Gasteiger partial charge in [0.1, 0.15) is 16.5 Å². The first kappa shape index (κ1) is 18.8. The number of aryl methyl sites for hydroxylation is 3. The van der Waals surface area contributed by atoms with E-state index in [0.717, 1.165) is 40.1 Å². The predicted octanol–water partition coefficient (Wildman–Crippen LogP) is 3.87. The summed E-state index contributed by atoms with van der Waals surface area (Å²) in [4.78, 5) is 34.1. The van der Waals surface area contributed by atoms with E-state index in [1.54, 1.807) is 12.1 Å². The fourth-order valence-corrected chi connectivity index (χ4v) is 4.81. The van der Waals surface area contributed by atoms with Gasteiger partial charge in [-0.2, -0.15) is 0 Å². The standard InChI is InChI=1S/C21H22FN3O2S/c1-12-13(2)28-20-18(12)19(27)23-16(24-20)8-9-17(26)25-21(10-3-11-21)14-4-6-15(22)7-5-14/h4-7H,3,8-11H2,1-2H3,(H,25,26)(H,23,24,27). The van der Waals surface area contributed by atoms with E-state index in [1.165, 1.54) is 23.5 Å². The van der Waals surface area contributed by atoms with Crippen LogP contribution in [0.4, 0.5) is 4.39 Å². The number of nitrogens with zero attached hydrogens (tertiary/aromatic N) is 1. The predicted molar refractivity (Wildman–Crippen MR) is 108 cm³/mol. The number of benzene rings is 1. The van der Waals surface area contributed by atoms with Crippen molar-refractivity contribution in [1.29, 1.82) is 0 Å². The molecule has 1 amide bonds. The van der Waals surface area contributed by atoms with Gasteiger partial charge in [-0.15, -0.1) is 11.3 Å². The van der Waals surface area contributed by atoms with Gasteiger partial charge in [0.15, 0.2) is 0 Å². The third kappa shape index (κ3) is 3.35. The van der Waals surface area contributed by atoms with Gasteiger partial charge in [0.05, 0.1) is 10.9 Å². The molecule has 0 unspecified atom stereocenters. The number of rotatable bonds is 5. The zero-order chi connectivity index (χ0) is 19.9. The minimum atomic E-state index is -0.405. The fraction of sp³-hybridized carbons (Fsp3) is 0.381. The molecular formula is C21H22FN3O2S. The lowest BCUT2D eigenvalue weighted by Gasteiger charge is -2.43. The Bertz CT molecular complexity index is 1100. The van der Waals surface area contributed by atoms with Crippen LogP contribution >= 0.6 is 11.3 Å². The molecular weight excluding hydrogens is 377 g/mol. The first-order chi connectivity index (χ1) is 13.4. The highest BCUT2D eigenvalue weighted by atomic mass is 32.1. The summed E-state index contributed by atoms with van der Waals surface area (Å²) in [6.45, 7) is 3.90. The van der Waals surface area contributed by atoms with Gasteiger partial charge in [0, 0.05) is 17.7 Å². The summed E-state index contributed by atoms with van der Waals surface area (Å²) in [6.07, 6.45) is 3.33. The molecule has 0 spiro atoms. The summed E-state index contributed by atoms with van der Waals surface area (Å²) >= 11 is 1.50. The molecule has 7 heteroatoms. The van der Waals surface area contributed by atoms with E-state index in [0.29, 0.717) is 17.6 Å².